The second-order valence-corrected chi connectivity index (χ2v) is 6.32. The number of hydrogen-bond acceptors (Lipinski definition) is 7. The van der Waals surface area contributed by atoms with Gasteiger partial charge in [0.1, 0.15) is 22.6 Å². The Morgan fingerprint density at radius 2 is 1.59 bits per heavy atom. The monoisotopic (exact) mass is 423 g/mol. The third-order valence-corrected chi connectivity index (χ3v) is 4.03. The Morgan fingerprint density at radius 1 is 1.03 bits per heavy atom. The van der Waals surface area contributed by atoms with E-state index in [-0.39, 0.29) is 36.0 Å². The van der Waals surface area contributed by atoms with Crippen LogP contribution in [-0.4, -0.2) is 37.2 Å². The molecule has 1 atom stereocenters. The maximum atomic E-state index is 12.5. The number of ether oxygens (including phenoxy) is 3. The zero-order chi connectivity index (χ0) is 21.6. The smallest absolute Gasteiger partial charge is 0.344 e. The van der Waals surface area contributed by atoms with E-state index in [9.17, 15) is 14.4 Å². The van der Waals surface area contributed by atoms with Crippen LogP contribution in [0.15, 0.2) is 28.7 Å². The molecule has 0 aliphatic heterocycles. The summed E-state index contributed by atoms with van der Waals surface area (Å²) in [4.78, 5) is 37.2. The van der Waals surface area contributed by atoms with Crippen molar-refractivity contribution in [2.75, 3.05) is 18.5 Å². The molecule has 9 heteroatoms. The van der Waals surface area contributed by atoms with Gasteiger partial charge >= 0.3 is 11.9 Å². The van der Waals surface area contributed by atoms with Gasteiger partial charge in [0.05, 0.1) is 13.2 Å². The minimum atomic E-state index is -0.928. The van der Waals surface area contributed by atoms with E-state index < -0.39 is 23.9 Å². The van der Waals surface area contributed by atoms with Gasteiger partial charge in [0.25, 0.3) is 5.91 Å². The Labute approximate surface area is 173 Å². The van der Waals surface area contributed by atoms with Gasteiger partial charge in [-0.15, -0.1) is 0 Å². The summed E-state index contributed by atoms with van der Waals surface area (Å²) in [5, 5.41) is 3.01. The zero-order valence-electron chi connectivity index (χ0n) is 16.5. The summed E-state index contributed by atoms with van der Waals surface area (Å²) in [5.41, 5.74) is -0.290. The SMILES string of the molecule is CCOC(=O)c1c(C)oc(NC(=O)C(C)Oc2ccc(Cl)cc2)c1C(=O)OCC. The van der Waals surface area contributed by atoms with E-state index in [4.69, 9.17) is 30.2 Å². The molecule has 0 saturated carbocycles. The largest absolute Gasteiger partial charge is 0.481 e. The van der Waals surface area contributed by atoms with Crippen LogP contribution in [0.25, 0.3) is 0 Å². The summed E-state index contributed by atoms with van der Waals surface area (Å²) in [6.45, 7) is 6.45. The summed E-state index contributed by atoms with van der Waals surface area (Å²) < 4.78 is 21.0. The summed E-state index contributed by atoms with van der Waals surface area (Å²) in [6.07, 6.45) is -0.928. The first-order valence-electron chi connectivity index (χ1n) is 8.99. The van der Waals surface area contributed by atoms with Crippen LogP contribution in [-0.2, 0) is 14.3 Å². The van der Waals surface area contributed by atoms with Crippen molar-refractivity contribution in [2.45, 2.75) is 33.8 Å². The molecule has 0 saturated heterocycles. The standard InChI is InChI=1S/C20H22ClNO7/c1-5-26-19(24)15-11(3)29-18(16(15)20(25)27-6-2)22-17(23)12(4)28-14-9-7-13(21)8-10-14/h7-10,12H,5-6H2,1-4H3,(H,22,23). The molecule has 0 spiro atoms. The lowest BCUT2D eigenvalue weighted by atomic mass is 10.1. The second-order valence-electron chi connectivity index (χ2n) is 5.88. The van der Waals surface area contributed by atoms with Crippen LogP contribution in [0.1, 0.15) is 47.2 Å². The first kappa shape index (κ1) is 22.3. The number of carbonyl (C=O) groups excluding carboxylic acids is 3. The lowest BCUT2D eigenvalue weighted by Crippen LogP contribution is -2.30. The van der Waals surface area contributed by atoms with Gasteiger partial charge in [-0.2, -0.15) is 0 Å². The van der Waals surface area contributed by atoms with E-state index in [1.165, 1.54) is 13.8 Å². The fraction of sp³-hybridized carbons (Fsp3) is 0.350. The molecule has 1 aromatic heterocycles. The van der Waals surface area contributed by atoms with Crippen molar-refractivity contribution in [1.29, 1.82) is 0 Å². The van der Waals surface area contributed by atoms with Crippen LogP contribution in [0.5, 0.6) is 5.75 Å². The van der Waals surface area contributed by atoms with Crippen LogP contribution in [0.3, 0.4) is 0 Å². The van der Waals surface area contributed by atoms with Crippen LogP contribution in [0.2, 0.25) is 5.02 Å². The van der Waals surface area contributed by atoms with Gasteiger partial charge < -0.3 is 18.6 Å². The van der Waals surface area contributed by atoms with Crippen molar-refractivity contribution in [1.82, 2.24) is 0 Å². The number of aryl methyl sites for hydroxylation is 1. The number of anilines is 1. The second kappa shape index (κ2) is 9.97. The Kier molecular flexibility index (Phi) is 7.67. The van der Waals surface area contributed by atoms with E-state index in [2.05, 4.69) is 5.32 Å². The van der Waals surface area contributed by atoms with Gasteiger partial charge in [0, 0.05) is 5.02 Å². The Bertz CT molecular complexity index is 889. The Hall–Kier alpha value is -3.00. The third kappa shape index (κ3) is 5.51. The van der Waals surface area contributed by atoms with Crippen molar-refractivity contribution < 1.29 is 33.0 Å². The van der Waals surface area contributed by atoms with Crippen LogP contribution in [0.4, 0.5) is 5.88 Å². The zero-order valence-corrected chi connectivity index (χ0v) is 17.3. The molecule has 2 aromatic rings. The van der Waals surface area contributed by atoms with Crippen LogP contribution < -0.4 is 10.1 Å². The quantitative estimate of drug-likeness (QED) is 0.640. The highest BCUT2D eigenvalue weighted by atomic mass is 35.5. The molecule has 8 nitrogen and oxygen atoms in total. The molecule has 0 bridgehead atoms. The molecule has 1 N–H and O–H groups in total. The number of rotatable bonds is 8. The number of hydrogen-bond donors (Lipinski definition) is 1. The minimum Gasteiger partial charge on any atom is -0.481 e. The highest BCUT2D eigenvalue weighted by molar-refractivity contribution is 6.30. The number of carbonyl (C=O) groups is 3. The summed E-state index contributed by atoms with van der Waals surface area (Å²) in [7, 11) is 0. The van der Waals surface area contributed by atoms with Crippen molar-refractivity contribution in [3.8, 4) is 5.75 Å². The molecular weight excluding hydrogens is 402 g/mol. The minimum absolute atomic E-state index is 0.0782. The van der Waals surface area contributed by atoms with E-state index in [1.54, 1.807) is 38.1 Å². The van der Waals surface area contributed by atoms with E-state index in [0.29, 0.717) is 10.8 Å². The fourth-order valence-electron chi connectivity index (χ4n) is 2.46. The molecule has 1 amide bonds. The molecule has 1 heterocycles. The summed E-state index contributed by atoms with van der Waals surface area (Å²) in [5.74, 6) is -1.80. The van der Waals surface area contributed by atoms with Gasteiger partial charge in [0.15, 0.2) is 6.10 Å². The van der Waals surface area contributed by atoms with Gasteiger partial charge in [0.2, 0.25) is 5.88 Å². The molecular formula is C20H22ClNO7. The first-order chi connectivity index (χ1) is 13.8. The first-order valence-corrected chi connectivity index (χ1v) is 9.36. The number of esters is 2. The topological polar surface area (TPSA) is 104 Å². The molecule has 0 fully saturated rings. The molecule has 0 aliphatic carbocycles. The molecule has 1 aromatic carbocycles. The molecule has 0 aliphatic rings. The predicted octanol–water partition coefficient (Wildman–Crippen LogP) is 4.00. The number of halogens is 1. The fourth-order valence-corrected chi connectivity index (χ4v) is 2.59. The van der Waals surface area contributed by atoms with Gasteiger partial charge in [-0.3, -0.25) is 10.1 Å². The van der Waals surface area contributed by atoms with Crippen molar-refractivity contribution >= 4 is 35.3 Å². The lowest BCUT2D eigenvalue weighted by molar-refractivity contribution is -0.122. The summed E-state index contributed by atoms with van der Waals surface area (Å²) in [6, 6.07) is 6.49. The molecule has 2 rings (SSSR count). The average molecular weight is 424 g/mol. The van der Waals surface area contributed by atoms with Gasteiger partial charge in [-0.05, 0) is 52.0 Å². The number of nitrogens with one attached hydrogen (secondary N) is 1. The maximum absolute atomic E-state index is 12.5. The van der Waals surface area contributed by atoms with E-state index in [0.717, 1.165) is 0 Å². The maximum Gasteiger partial charge on any atom is 0.344 e. The lowest BCUT2D eigenvalue weighted by Gasteiger charge is -2.14. The number of amides is 1. The van der Waals surface area contributed by atoms with Gasteiger partial charge in [-0.25, -0.2) is 9.59 Å². The van der Waals surface area contributed by atoms with Crippen molar-refractivity contribution in [3.63, 3.8) is 0 Å². The van der Waals surface area contributed by atoms with Crippen molar-refractivity contribution in [3.05, 3.63) is 46.2 Å². The average Bonchev–Trinajstić information content (AvgIpc) is 2.99. The number of benzene rings is 1. The Morgan fingerprint density at radius 3 is 2.14 bits per heavy atom. The van der Waals surface area contributed by atoms with Gasteiger partial charge in [-0.1, -0.05) is 11.6 Å². The van der Waals surface area contributed by atoms with E-state index >= 15 is 0 Å². The highest BCUT2D eigenvalue weighted by Gasteiger charge is 2.32. The highest BCUT2D eigenvalue weighted by Crippen LogP contribution is 2.29. The third-order valence-electron chi connectivity index (χ3n) is 3.78. The van der Waals surface area contributed by atoms with Crippen LogP contribution in [0, 0.1) is 6.92 Å². The summed E-state index contributed by atoms with van der Waals surface area (Å²) >= 11 is 5.83. The van der Waals surface area contributed by atoms with Crippen LogP contribution >= 0.6 is 11.6 Å². The van der Waals surface area contributed by atoms with Crippen molar-refractivity contribution in [2.24, 2.45) is 0 Å². The molecule has 0 radical (unpaired) electrons. The Balaban J connectivity index is 2.27. The molecule has 29 heavy (non-hydrogen) atoms. The number of furan rings is 1. The predicted molar refractivity (Wildman–Crippen MR) is 106 cm³/mol. The molecule has 156 valence electrons. The normalized spacial score (nSPS) is 11.5. The molecule has 1 unspecified atom stereocenters. The van der Waals surface area contributed by atoms with E-state index in [1.807, 2.05) is 0 Å².